The largest absolute Gasteiger partial charge is 0.460 e. The summed E-state index contributed by atoms with van der Waals surface area (Å²) in [6.07, 6.45) is 0.803. The molecule has 78 valence electrons. The zero-order valence-electron chi connectivity index (χ0n) is 8.41. The van der Waals surface area contributed by atoms with Crippen molar-refractivity contribution >= 4 is 5.97 Å². The number of hydrogen-bond donors (Lipinski definition) is 0. The molecule has 1 aromatic rings. The summed E-state index contributed by atoms with van der Waals surface area (Å²) in [6, 6.07) is 3.29. The lowest BCUT2D eigenvalue weighted by molar-refractivity contribution is 0.0462. The number of esters is 1. The summed E-state index contributed by atoms with van der Waals surface area (Å²) < 4.78 is 14.9. The molecule has 4 heteroatoms. The van der Waals surface area contributed by atoms with Gasteiger partial charge in [0.05, 0.1) is 6.61 Å². The highest BCUT2D eigenvalue weighted by Crippen LogP contribution is 2.10. The molecule has 4 nitrogen and oxygen atoms in total. The second-order valence-electron chi connectivity index (χ2n) is 2.83. The number of ether oxygens (including phenoxy) is 2. The Morgan fingerprint density at radius 3 is 2.93 bits per heavy atom. The molecule has 0 fully saturated rings. The predicted molar refractivity (Wildman–Crippen MR) is 50.0 cm³/mol. The van der Waals surface area contributed by atoms with E-state index in [0.717, 1.165) is 6.42 Å². The van der Waals surface area contributed by atoms with Gasteiger partial charge in [0.15, 0.2) is 0 Å². The molecule has 1 aromatic heterocycles. The Kier molecular flexibility index (Phi) is 4.19. The zero-order chi connectivity index (χ0) is 10.4. The van der Waals surface area contributed by atoms with E-state index in [2.05, 4.69) is 0 Å². The molecule has 0 spiro atoms. The average Bonchev–Trinajstić information content (AvgIpc) is 2.63. The molecule has 0 aliphatic rings. The third-order valence-corrected chi connectivity index (χ3v) is 1.59. The smallest absolute Gasteiger partial charge is 0.374 e. The summed E-state index contributed by atoms with van der Waals surface area (Å²) in [5, 5.41) is 0. The molecule has 0 N–H and O–H groups in total. The Labute approximate surface area is 82.8 Å². The van der Waals surface area contributed by atoms with Crippen LogP contribution in [0.1, 0.15) is 29.7 Å². The van der Waals surface area contributed by atoms with Gasteiger partial charge in [-0.2, -0.15) is 0 Å². The zero-order valence-corrected chi connectivity index (χ0v) is 8.41. The summed E-state index contributed by atoms with van der Waals surface area (Å²) in [5.41, 5.74) is 0. The van der Waals surface area contributed by atoms with Crippen molar-refractivity contribution in [2.24, 2.45) is 0 Å². The van der Waals surface area contributed by atoms with Gasteiger partial charge < -0.3 is 13.9 Å². The van der Waals surface area contributed by atoms with Crippen LogP contribution in [-0.4, -0.2) is 19.7 Å². The number of hydrogen-bond acceptors (Lipinski definition) is 4. The highest BCUT2D eigenvalue weighted by molar-refractivity contribution is 5.86. The van der Waals surface area contributed by atoms with Crippen molar-refractivity contribution in [3.63, 3.8) is 0 Å². The summed E-state index contributed by atoms with van der Waals surface area (Å²) >= 11 is 0. The van der Waals surface area contributed by atoms with Crippen LogP contribution in [0, 0.1) is 0 Å². The molecular formula is C10H14O4. The van der Waals surface area contributed by atoms with Crippen LogP contribution >= 0.6 is 0 Å². The minimum Gasteiger partial charge on any atom is -0.460 e. The van der Waals surface area contributed by atoms with Crippen LogP contribution in [0.15, 0.2) is 16.5 Å². The van der Waals surface area contributed by atoms with Gasteiger partial charge in [-0.15, -0.1) is 0 Å². The first-order valence-corrected chi connectivity index (χ1v) is 4.52. The van der Waals surface area contributed by atoms with E-state index in [1.54, 1.807) is 19.2 Å². The van der Waals surface area contributed by atoms with E-state index in [-0.39, 0.29) is 5.76 Å². The fourth-order valence-corrected chi connectivity index (χ4v) is 0.973. The van der Waals surface area contributed by atoms with Crippen molar-refractivity contribution in [1.82, 2.24) is 0 Å². The van der Waals surface area contributed by atoms with Gasteiger partial charge in [0.1, 0.15) is 12.4 Å². The number of carbonyl (C=O) groups excluding carboxylic acids is 1. The molecule has 14 heavy (non-hydrogen) atoms. The maximum atomic E-state index is 11.3. The third-order valence-electron chi connectivity index (χ3n) is 1.59. The highest BCUT2D eigenvalue weighted by atomic mass is 16.5. The van der Waals surface area contributed by atoms with E-state index in [1.165, 1.54) is 0 Å². The molecule has 1 rings (SSSR count). The Morgan fingerprint density at radius 1 is 1.50 bits per heavy atom. The molecule has 0 aliphatic heterocycles. The van der Waals surface area contributed by atoms with Gasteiger partial charge >= 0.3 is 5.97 Å². The van der Waals surface area contributed by atoms with Crippen molar-refractivity contribution in [3.05, 3.63) is 23.7 Å². The van der Waals surface area contributed by atoms with E-state index >= 15 is 0 Å². The van der Waals surface area contributed by atoms with Gasteiger partial charge in [-0.25, -0.2) is 4.79 Å². The molecule has 0 bridgehead atoms. The summed E-state index contributed by atoms with van der Waals surface area (Å²) in [6.45, 7) is 2.71. The minimum absolute atomic E-state index is 0.227. The number of methoxy groups -OCH3 is 1. The van der Waals surface area contributed by atoms with Crippen LogP contribution < -0.4 is 0 Å². The quantitative estimate of drug-likeness (QED) is 0.679. The first-order valence-electron chi connectivity index (χ1n) is 4.52. The summed E-state index contributed by atoms with van der Waals surface area (Å²) in [4.78, 5) is 11.3. The number of furan rings is 1. The van der Waals surface area contributed by atoms with Crippen LogP contribution in [0.4, 0.5) is 0 Å². The Bertz CT molecular complexity index is 290. The first kappa shape index (κ1) is 10.8. The van der Waals surface area contributed by atoms with Crippen molar-refractivity contribution in [2.45, 2.75) is 20.0 Å². The van der Waals surface area contributed by atoms with Crippen LogP contribution in [0.5, 0.6) is 0 Å². The van der Waals surface area contributed by atoms with E-state index in [9.17, 15) is 4.79 Å². The third kappa shape index (κ3) is 2.88. The highest BCUT2D eigenvalue weighted by Gasteiger charge is 2.11. The number of rotatable bonds is 5. The summed E-state index contributed by atoms with van der Waals surface area (Å²) in [5.74, 6) is 0.427. The standard InChI is InChI=1S/C10H14O4/c1-3-6-13-10(11)9-5-4-8(14-9)7-12-2/h4-5H,3,6-7H2,1-2H3. The van der Waals surface area contributed by atoms with Gasteiger partial charge in [0.25, 0.3) is 0 Å². The normalized spacial score (nSPS) is 10.1. The Balaban J connectivity index is 2.53. The van der Waals surface area contributed by atoms with Crippen LogP contribution in [0.25, 0.3) is 0 Å². The maximum Gasteiger partial charge on any atom is 0.374 e. The van der Waals surface area contributed by atoms with Crippen molar-refractivity contribution in [3.8, 4) is 0 Å². The average molecular weight is 198 g/mol. The Morgan fingerprint density at radius 2 is 2.29 bits per heavy atom. The van der Waals surface area contributed by atoms with Crippen molar-refractivity contribution in [2.75, 3.05) is 13.7 Å². The monoisotopic (exact) mass is 198 g/mol. The molecule has 0 aromatic carbocycles. The molecule has 0 saturated heterocycles. The van der Waals surface area contributed by atoms with E-state index < -0.39 is 5.97 Å². The predicted octanol–water partition coefficient (Wildman–Crippen LogP) is 1.99. The fraction of sp³-hybridized carbons (Fsp3) is 0.500. The SMILES string of the molecule is CCCOC(=O)c1ccc(COC)o1. The van der Waals surface area contributed by atoms with E-state index in [0.29, 0.717) is 19.0 Å². The van der Waals surface area contributed by atoms with Crippen LogP contribution in [-0.2, 0) is 16.1 Å². The maximum absolute atomic E-state index is 11.3. The first-order chi connectivity index (χ1) is 6.77. The number of carbonyl (C=O) groups is 1. The van der Waals surface area contributed by atoms with E-state index in [4.69, 9.17) is 13.9 Å². The van der Waals surface area contributed by atoms with Gasteiger partial charge in [0, 0.05) is 7.11 Å². The van der Waals surface area contributed by atoms with Crippen LogP contribution in [0.2, 0.25) is 0 Å². The lowest BCUT2D eigenvalue weighted by Gasteiger charge is -1.99. The molecule has 0 unspecified atom stereocenters. The van der Waals surface area contributed by atoms with Crippen molar-refractivity contribution < 1.29 is 18.7 Å². The van der Waals surface area contributed by atoms with Crippen LogP contribution in [0.3, 0.4) is 0 Å². The van der Waals surface area contributed by atoms with Gasteiger partial charge in [-0.3, -0.25) is 0 Å². The lowest BCUT2D eigenvalue weighted by Crippen LogP contribution is -2.04. The topological polar surface area (TPSA) is 48.7 Å². The molecule has 0 radical (unpaired) electrons. The molecule has 0 amide bonds. The lowest BCUT2D eigenvalue weighted by atomic mass is 10.4. The summed E-state index contributed by atoms with van der Waals surface area (Å²) in [7, 11) is 1.57. The second kappa shape index (κ2) is 5.44. The molecule has 1 heterocycles. The molecular weight excluding hydrogens is 184 g/mol. The minimum atomic E-state index is -0.422. The van der Waals surface area contributed by atoms with Crippen molar-refractivity contribution in [1.29, 1.82) is 0 Å². The van der Waals surface area contributed by atoms with Gasteiger partial charge in [-0.1, -0.05) is 6.92 Å². The fourth-order valence-electron chi connectivity index (χ4n) is 0.973. The molecule has 0 saturated carbocycles. The van der Waals surface area contributed by atoms with Gasteiger partial charge in [-0.05, 0) is 18.6 Å². The molecule has 0 atom stereocenters. The second-order valence-corrected chi connectivity index (χ2v) is 2.83. The molecule has 0 aliphatic carbocycles. The van der Waals surface area contributed by atoms with E-state index in [1.807, 2.05) is 6.92 Å². The Hall–Kier alpha value is -1.29. The van der Waals surface area contributed by atoms with Gasteiger partial charge in [0.2, 0.25) is 5.76 Å².